The first kappa shape index (κ1) is 10.0. The molecular formula is C3H9NO5P. The van der Waals surface area contributed by atoms with Gasteiger partial charge in [-0.05, 0) is 0 Å². The first-order chi connectivity index (χ1) is 4.45. The molecule has 0 aromatic carbocycles. The summed E-state index contributed by atoms with van der Waals surface area (Å²) in [6.07, 6.45) is 0. The van der Waals surface area contributed by atoms with Gasteiger partial charge in [0, 0.05) is 0 Å². The van der Waals surface area contributed by atoms with Crippen LogP contribution in [0.3, 0.4) is 0 Å². The number of phosphoric ester groups is 1. The number of rotatable bonds is 4. The Morgan fingerprint density at radius 2 is 2.10 bits per heavy atom. The second kappa shape index (κ2) is 4.02. The molecule has 0 aliphatic carbocycles. The largest absolute Gasteiger partial charge is 0.469 e. The van der Waals surface area contributed by atoms with Gasteiger partial charge in [0.1, 0.15) is 0 Å². The van der Waals surface area contributed by atoms with E-state index in [9.17, 15) is 9.67 Å². The maximum Gasteiger partial charge on any atom is 0.469 e. The fourth-order valence-corrected chi connectivity index (χ4v) is 0.627. The van der Waals surface area contributed by atoms with Crippen LogP contribution in [0.4, 0.5) is 0 Å². The summed E-state index contributed by atoms with van der Waals surface area (Å²) < 4.78 is 13.9. The van der Waals surface area contributed by atoms with Crippen molar-refractivity contribution in [1.82, 2.24) is 0 Å². The fourth-order valence-electron chi connectivity index (χ4n) is 0.241. The summed E-state index contributed by atoms with van der Waals surface area (Å²) in [4.78, 5) is 16.2. The standard InChI is InChI=1S/C3H9NO5P/c4-3(1-5)2-9-10(6,7)8/h3H,1-2,4H2,(H2,6,7,8). The predicted molar refractivity (Wildman–Crippen MR) is 31.5 cm³/mol. The van der Waals surface area contributed by atoms with Crippen molar-refractivity contribution >= 4 is 7.82 Å². The molecule has 1 radical (unpaired) electrons. The molecule has 0 aliphatic heterocycles. The van der Waals surface area contributed by atoms with Crippen LogP contribution in [0.25, 0.3) is 0 Å². The normalized spacial score (nSPS) is 15.2. The van der Waals surface area contributed by atoms with Gasteiger partial charge in [-0.25, -0.2) is 9.67 Å². The first-order valence-electron chi connectivity index (χ1n) is 2.49. The van der Waals surface area contributed by atoms with E-state index in [1.54, 1.807) is 0 Å². The third-order valence-electron chi connectivity index (χ3n) is 0.671. The average molecular weight is 170 g/mol. The van der Waals surface area contributed by atoms with E-state index in [-0.39, 0.29) is 0 Å². The van der Waals surface area contributed by atoms with Gasteiger partial charge in [-0.15, -0.1) is 0 Å². The molecule has 0 aromatic heterocycles. The van der Waals surface area contributed by atoms with Crippen LogP contribution in [0.1, 0.15) is 0 Å². The molecule has 0 bridgehead atoms. The van der Waals surface area contributed by atoms with Gasteiger partial charge in [0.15, 0.2) is 0 Å². The van der Waals surface area contributed by atoms with Crippen LogP contribution in [0.15, 0.2) is 0 Å². The Hall–Kier alpha value is 0.0300. The summed E-state index contributed by atoms with van der Waals surface area (Å²) in [6, 6.07) is -0.854. The van der Waals surface area contributed by atoms with Crippen molar-refractivity contribution in [2.45, 2.75) is 6.04 Å². The molecular weight excluding hydrogens is 161 g/mol. The summed E-state index contributed by atoms with van der Waals surface area (Å²) in [6.45, 7) is -1.02. The zero-order valence-corrected chi connectivity index (χ0v) is 6.03. The Balaban J connectivity index is 3.46. The highest BCUT2D eigenvalue weighted by Gasteiger charge is 2.15. The number of hydrogen-bond donors (Lipinski definition) is 3. The van der Waals surface area contributed by atoms with E-state index in [1.165, 1.54) is 0 Å². The minimum Gasteiger partial charge on any atom is -0.324 e. The molecule has 4 N–H and O–H groups in total. The molecule has 0 amide bonds. The summed E-state index contributed by atoms with van der Waals surface area (Å²) >= 11 is 0. The van der Waals surface area contributed by atoms with Crippen molar-refractivity contribution in [1.29, 1.82) is 0 Å². The van der Waals surface area contributed by atoms with E-state index in [4.69, 9.17) is 15.5 Å². The minimum atomic E-state index is -4.45. The molecule has 0 rings (SSSR count). The lowest BCUT2D eigenvalue weighted by atomic mass is 10.4. The third-order valence-corrected chi connectivity index (χ3v) is 1.16. The molecule has 0 aliphatic rings. The van der Waals surface area contributed by atoms with Crippen LogP contribution in [-0.2, 0) is 14.2 Å². The van der Waals surface area contributed by atoms with Crippen molar-refractivity contribution in [2.75, 3.05) is 13.2 Å². The molecule has 0 saturated carbocycles. The summed E-state index contributed by atoms with van der Waals surface area (Å²) in [7, 11) is -4.45. The summed E-state index contributed by atoms with van der Waals surface area (Å²) in [5, 5.41) is 9.89. The smallest absolute Gasteiger partial charge is 0.324 e. The average Bonchev–Trinajstić information content (AvgIpc) is 1.81. The molecule has 1 unspecified atom stereocenters. The lowest BCUT2D eigenvalue weighted by Gasteiger charge is -2.07. The fraction of sp³-hybridized carbons (Fsp3) is 1.00. The van der Waals surface area contributed by atoms with Crippen LogP contribution in [0.2, 0.25) is 0 Å². The second-order valence-electron chi connectivity index (χ2n) is 1.71. The highest BCUT2D eigenvalue weighted by Crippen LogP contribution is 2.35. The van der Waals surface area contributed by atoms with Gasteiger partial charge in [0.05, 0.1) is 19.3 Å². The van der Waals surface area contributed by atoms with Crippen molar-refractivity contribution in [3.8, 4) is 0 Å². The quantitative estimate of drug-likeness (QED) is 0.461. The lowest BCUT2D eigenvalue weighted by molar-refractivity contribution is 0.126. The summed E-state index contributed by atoms with van der Waals surface area (Å²) in [5.74, 6) is 0. The van der Waals surface area contributed by atoms with Crippen molar-refractivity contribution in [3.63, 3.8) is 0 Å². The van der Waals surface area contributed by atoms with Crippen LogP contribution in [-0.4, -0.2) is 29.0 Å². The monoisotopic (exact) mass is 170 g/mol. The SMILES string of the molecule is NC(C[O])COP(=O)(O)O. The van der Waals surface area contributed by atoms with Gasteiger partial charge in [0.25, 0.3) is 0 Å². The molecule has 0 fully saturated rings. The number of hydrogen-bond acceptors (Lipinski definition) is 3. The maximum atomic E-state index is 9.97. The first-order valence-corrected chi connectivity index (χ1v) is 4.02. The molecule has 0 aromatic rings. The number of nitrogens with two attached hydrogens (primary N) is 1. The molecule has 10 heavy (non-hydrogen) atoms. The lowest BCUT2D eigenvalue weighted by Crippen LogP contribution is -2.28. The molecule has 0 heterocycles. The molecule has 0 spiro atoms. The maximum absolute atomic E-state index is 9.97. The van der Waals surface area contributed by atoms with Crippen LogP contribution >= 0.6 is 7.82 Å². The van der Waals surface area contributed by atoms with Crippen molar-refractivity contribution in [2.24, 2.45) is 5.73 Å². The van der Waals surface area contributed by atoms with Gasteiger partial charge >= 0.3 is 7.82 Å². The van der Waals surface area contributed by atoms with Gasteiger partial charge in [-0.3, -0.25) is 4.52 Å². The van der Waals surface area contributed by atoms with Crippen LogP contribution < -0.4 is 5.73 Å². The summed E-state index contributed by atoms with van der Waals surface area (Å²) in [5.41, 5.74) is 5.00. The van der Waals surface area contributed by atoms with E-state index in [2.05, 4.69) is 4.52 Å². The highest BCUT2D eigenvalue weighted by molar-refractivity contribution is 7.46. The molecule has 7 heteroatoms. The van der Waals surface area contributed by atoms with Crippen LogP contribution in [0.5, 0.6) is 0 Å². The zero-order valence-electron chi connectivity index (χ0n) is 5.14. The van der Waals surface area contributed by atoms with Gasteiger partial charge < -0.3 is 15.5 Å². The van der Waals surface area contributed by atoms with Gasteiger partial charge in [0.2, 0.25) is 0 Å². The van der Waals surface area contributed by atoms with Crippen LogP contribution in [0, 0.1) is 0 Å². The Morgan fingerprint density at radius 3 is 2.40 bits per heavy atom. The highest BCUT2D eigenvalue weighted by atomic mass is 31.2. The Bertz CT molecular complexity index is 133. The molecule has 0 saturated heterocycles. The molecule has 6 nitrogen and oxygen atoms in total. The number of phosphoric acid groups is 1. The van der Waals surface area contributed by atoms with Gasteiger partial charge in [-0.2, -0.15) is 0 Å². The predicted octanol–water partition coefficient (Wildman–Crippen LogP) is -1.15. The Labute approximate surface area is 57.9 Å². The van der Waals surface area contributed by atoms with Crippen molar-refractivity contribution in [3.05, 3.63) is 0 Å². The Morgan fingerprint density at radius 1 is 1.60 bits per heavy atom. The zero-order chi connectivity index (χ0) is 8.20. The second-order valence-corrected chi connectivity index (χ2v) is 2.95. The van der Waals surface area contributed by atoms with Crippen molar-refractivity contribution < 1.29 is 24.0 Å². The van der Waals surface area contributed by atoms with E-state index < -0.39 is 27.1 Å². The van der Waals surface area contributed by atoms with E-state index >= 15 is 0 Å². The minimum absolute atomic E-state index is 0.409. The van der Waals surface area contributed by atoms with E-state index in [1.807, 2.05) is 0 Å². The van der Waals surface area contributed by atoms with E-state index in [0.29, 0.717) is 0 Å². The third kappa shape index (κ3) is 6.15. The Kier molecular flexibility index (Phi) is 4.04. The topological polar surface area (TPSA) is 113 Å². The molecule has 1 atom stereocenters. The van der Waals surface area contributed by atoms with E-state index in [0.717, 1.165) is 0 Å². The molecule has 61 valence electrons. The van der Waals surface area contributed by atoms with Gasteiger partial charge in [-0.1, -0.05) is 0 Å².